The van der Waals surface area contributed by atoms with Gasteiger partial charge in [0, 0.05) is 50.1 Å². The molecule has 81 heavy (non-hydrogen) atoms. The lowest BCUT2D eigenvalue weighted by Crippen LogP contribution is -2.36. The minimum absolute atomic E-state index is 0.0499. The number of aromatic nitrogens is 6. The SMILES string of the molecule is CCn1nnc2c(C)c([C@H](c3ccc4c(c3)CN(C(=O)c3ccc(C)c(C)c3)CC4)[C@@H](C)C(=O)OC)ccc21.CCn1nnc2c(C)c([C@H](c3ccc4c(c3)CNCC4)[C@@H](C)C(=O)OC)ccc21.Cc1ccc(C(=O)O)cc1C.[2H]CF. The average Bonchev–Trinajstić information content (AvgIpc) is 4.12. The minimum atomic E-state index is -1.00. The monoisotopic (exact) mass is 1100 g/mol. The number of benzene rings is 6. The van der Waals surface area contributed by atoms with Crippen molar-refractivity contribution in [1.82, 2.24) is 40.2 Å². The fourth-order valence-electron chi connectivity index (χ4n) is 11.2. The number of hydrogen-bond donors (Lipinski definition) is 2. The Hall–Kier alpha value is -8.11. The number of nitrogens with one attached hydrogen (secondary N) is 1. The molecule has 2 N–H and O–H groups in total. The lowest BCUT2D eigenvalue weighted by Gasteiger charge is -2.31. The molecule has 4 atom stereocenters. The second-order valence-electron chi connectivity index (χ2n) is 21.0. The predicted octanol–water partition coefficient (Wildman–Crippen LogP) is 11.4. The average molecular weight is 1100 g/mol. The molecule has 6 aromatic carbocycles. The van der Waals surface area contributed by atoms with E-state index in [4.69, 9.17) is 16.0 Å². The van der Waals surface area contributed by atoms with Crippen molar-refractivity contribution in [3.63, 3.8) is 0 Å². The second kappa shape index (κ2) is 26.9. The number of alkyl halides is 1. The van der Waals surface area contributed by atoms with Gasteiger partial charge in [-0.3, -0.25) is 18.8 Å². The fraction of sp³-hybridized carbons (Fsp3) is 0.385. The number of aromatic carboxylic acids is 1. The first-order valence-electron chi connectivity index (χ1n) is 28.3. The Labute approximate surface area is 476 Å². The molecular weight excluding hydrogens is 1020 g/mol. The number of esters is 2. The van der Waals surface area contributed by atoms with E-state index in [-0.39, 0.29) is 35.6 Å². The molecule has 1 amide bonds. The lowest BCUT2D eigenvalue weighted by molar-refractivity contribution is -0.146. The van der Waals surface area contributed by atoms with E-state index in [1.165, 1.54) is 36.5 Å². The molecular formula is C65H77FN8O7. The third kappa shape index (κ3) is 13.1. The first kappa shape index (κ1) is 59.0. The number of methoxy groups -OCH3 is 2. The van der Waals surface area contributed by atoms with Crippen molar-refractivity contribution in [2.75, 3.05) is 34.5 Å². The molecule has 8 aromatic rings. The smallest absolute Gasteiger partial charge is 0.335 e. The van der Waals surface area contributed by atoms with E-state index in [9.17, 15) is 23.6 Å². The molecule has 0 aliphatic carbocycles. The molecule has 0 unspecified atom stereocenters. The number of fused-ring (bicyclic) bond motifs is 4. The van der Waals surface area contributed by atoms with Crippen molar-refractivity contribution in [3.8, 4) is 0 Å². The predicted molar refractivity (Wildman–Crippen MR) is 314 cm³/mol. The Balaban J connectivity index is 0.000000196. The van der Waals surface area contributed by atoms with Crippen LogP contribution in [0.2, 0.25) is 0 Å². The fourth-order valence-corrected chi connectivity index (χ4v) is 11.2. The Kier molecular flexibility index (Phi) is 19.6. The number of hydrogen-bond acceptors (Lipinski definition) is 11. The molecule has 10 rings (SSSR count). The zero-order valence-corrected chi connectivity index (χ0v) is 48.8. The minimum Gasteiger partial charge on any atom is -0.478 e. The van der Waals surface area contributed by atoms with Crippen LogP contribution >= 0.6 is 0 Å². The molecule has 2 aromatic heterocycles. The highest BCUT2D eigenvalue weighted by atomic mass is 19.1. The van der Waals surface area contributed by atoms with Crippen LogP contribution in [0.15, 0.2) is 97.1 Å². The Morgan fingerprint density at radius 1 is 0.630 bits per heavy atom. The zero-order chi connectivity index (χ0) is 59.5. The van der Waals surface area contributed by atoms with Crippen LogP contribution in [0.1, 0.15) is 140 Å². The molecule has 4 heterocycles. The number of carbonyl (C=O) groups is 4. The maximum atomic E-state index is 13.4. The van der Waals surface area contributed by atoms with Gasteiger partial charge in [0.15, 0.2) is 0 Å². The third-order valence-corrected chi connectivity index (χ3v) is 16.3. The molecule has 0 fully saturated rings. The highest BCUT2D eigenvalue weighted by Crippen LogP contribution is 2.40. The van der Waals surface area contributed by atoms with Gasteiger partial charge in [-0.2, -0.15) is 0 Å². The van der Waals surface area contributed by atoms with Crippen molar-refractivity contribution >= 4 is 45.9 Å². The summed E-state index contributed by atoms with van der Waals surface area (Å²) in [4.78, 5) is 51.2. The maximum Gasteiger partial charge on any atom is 0.335 e. The van der Waals surface area contributed by atoms with E-state index in [1.807, 2.05) is 93.1 Å². The molecule has 0 radical (unpaired) electrons. The van der Waals surface area contributed by atoms with E-state index < -0.39 is 19.0 Å². The molecule has 0 saturated heterocycles. The molecule has 2 aliphatic heterocycles. The van der Waals surface area contributed by atoms with Crippen molar-refractivity contribution in [2.24, 2.45) is 11.8 Å². The van der Waals surface area contributed by atoms with E-state index in [0.717, 1.165) is 122 Å². The van der Waals surface area contributed by atoms with Crippen molar-refractivity contribution in [3.05, 3.63) is 186 Å². The standard InChI is InChI=1S/C32H36N4O3.C23H28N4O2.C9H10O2.CH3F/c1-7-36-28-13-12-27(21(4)30(28)33-34-36)29(22(5)32(38)39-6)24-11-10-23-14-15-35(18-26(23)17-24)31(37)25-9-8-19(2)20(3)16-25;1-5-27-20-9-8-19(14(2)22(20)25-26-27)21(15(3)23(28)29-4)17-7-6-16-10-11-24-13-18(16)12-17;1-6-3-4-8(9(10)11)5-7(6)2;1-2/h8-13,16-17,22,29H,7,14-15,18H2,1-6H3;6-9,12,15,21,24H,5,10-11,13H2,1-4H3;3-5H,1-2H3,(H,10,11);1H3/t22-,29+;15-,21+;;/m11../s1/i;;;1D. The van der Waals surface area contributed by atoms with Gasteiger partial charge < -0.3 is 24.8 Å². The molecule has 0 spiro atoms. The number of carboxylic acids is 1. The topological polar surface area (TPSA) is 184 Å². The van der Waals surface area contributed by atoms with Crippen LogP contribution < -0.4 is 5.32 Å². The van der Waals surface area contributed by atoms with Crippen LogP contribution in [-0.2, 0) is 58.1 Å². The van der Waals surface area contributed by atoms with Crippen molar-refractivity contribution in [1.29, 1.82) is 0 Å². The Morgan fingerprint density at radius 3 is 1.57 bits per heavy atom. The molecule has 2 aliphatic rings. The molecule has 15 nitrogen and oxygen atoms in total. The summed E-state index contributed by atoms with van der Waals surface area (Å²) in [7, 11) is 1.89. The van der Waals surface area contributed by atoms with Gasteiger partial charge >= 0.3 is 17.9 Å². The third-order valence-electron chi connectivity index (χ3n) is 16.3. The van der Waals surface area contributed by atoms with Crippen LogP contribution in [0.3, 0.4) is 0 Å². The summed E-state index contributed by atoms with van der Waals surface area (Å²) >= 11 is 0. The van der Waals surface area contributed by atoms with Gasteiger partial charge in [-0.25, -0.2) is 14.2 Å². The lowest BCUT2D eigenvalue weighted by atomic mass is 9.78. The van der Waals surface area contributed by atoms with Gasteiger partial charge in [0.2, 0.25) is 0 Å². The summed E-state index contributed by atoms with van der Waals surface area (Å²) in [6.07, 6.45) is 1.84. The van der Waals surface area contributed by atoms with Crippen LogP contribution in [0.5, 0.6) is 0 Å². The first-order valence-corrected chi connectivity index (χ1v) is 27.6. The van der Waals surface area contributed by atoms with Gasteiger partial charge in [0.1, 0.15) is 11.0 Å². The normalized spacial score (nSPS) is 14.2. The van der Waals surface area contributed by atoms with E-state index in [0.29, 0.717) is 18.7 Å². The summed E-state index contributed by atoms with van der Waals surface area (Å²) in [6.45, 7) is 24.6. The van der Waals surface area contributed by atoms with Crippen molar-refractivity contribution < 1.29 is 39.5 Å². The summed E-state index contributed by atoms with van der Waals surface area (Å²) < 4.78 is 29.6. The van der Waals surface area contributed by atoms with Crippen LogP contribution in [-0.4, -0.2) is 98.3 Å². The number of carboxylic acid groups (broad SMARTS) is 1. The van der Waals surface area contributed by atoms with Crippen LogP contribution in [0.4, 0.5) is 4.39 Å². The van der Waals surface area contributed by atoms with Gasteiger partial charge in [0.25, 0.3) is 5.91 Å². The van der Waals surface area contributed by atoms with Gasteiger partial charge in [-0.05, 0) is 189 Å². The quantitative estimate of drug-likeness (QED) is 0.111. The molecule has 0 bridgehead atoms. The van der Waals surface area contributed by atoms with Crippen LogP contribution in [0, 0.1) is 53.4 Å². The first-order chi connectivity index (χ1) is 39.3. The highest BCUT2D eigenvalue weighted by molar-refractivity contribution is 5.94. The number of amides is 1. The summed E-state index contributed by atoms with van der Waals surface area (Å²) in [6, 6.07) is 32.4. The van der Waals surface area contributed by atoms with Crippen molar-refractivity contribution in [2.45, 2.75) is 120 Å². The van der Waals surface area contributed by atoms with Gasteiger partial charge in [0.05, 0.1) is 51.2 Å². The van der Waals surface area contributed by atoms with Gasteiger partial charge in [-0.1, -0.05) is 84.9 Å². The van der Waals surface area contributed by atoms with E-state index in [1.54, 1.807) is 12.1 Å². The maximum absolute atomic E-state index is 13.4. The Bertz CT molecular complexity index is 3610. The van der Waals surface area contributed by atoms with Gasteiger partial charge in [-0.15, -0.1) is 10.2 Å². The number of aryl methyl sites for hydroxylation is 8. The summed E-state index contributed by atoms with van der Waals surface area (Å²) in [5.74, 6) is -2.35. The molecule has 426 valence electrons. The van der Waals surface area contributed by atoms with Crippen LogP contribution in [0.25, 0.3) is 22.1 Å². The number of halogens is 1. The number of ether oxygens (including phenoxy) is 2. The summed E-state index contributed by atoms with van der Waals surface area (Å²) in [5, 5.41) is 29.5. The Morgan fingerprint density at radius 2 is 1.10 bits per heavy atom. The van der Waals surface area contributed by atoms with E-state index in [2.05, 4.69) is 101 Å². The molecule has 0 saturated carbocycles. The second-order valence-corrected chi connectivity index (χ2v) is 21.0. The van der Waals surface area contributed by atoms with E-state index >= 15 is 0 Å². The largest absolute Gasteiger partial charge is 0.478 e. The highest BCUT2D eigenvalue weighted by Gasteiger charge is 2.33. The summed E-state index contributed by atoms with van der Waals surface area (Å²) in [5.41, 5.74) is 20.7. The number of carbonyl (C=O) groups excluding carboxylic acids is 3. The zero-order valence-electron chi connectivity index (χ0n) is 49.8. The number of nitrogens with zero attached hydrogens (tertiary/aromatic N) is 7. The molecule has 16 heteroatoms. The number of rotatable bonds is 12.